The predicted molar refractivity (Wildman–Crippen MR) is 234 cm³/mol. The summed E-state index contributed by atoms with van der Waals surface area (Å²) < 4.78 is 18.6. The van der Waals surface area contributed by atoms with Crippen LogP contribution in [0.5, 0.6) is 34.5 Å². The van der Waals surface area contributed by atoms with Crippen LogP contribution in [0.2, 0.25) is 0 Å². The van der Waals surface area contributed by atoms with Gasteiger partial charge in [-0.1, -0.05) is 58.0 Å². The summed E-state index contributed by atoms with van der Waals surface area (Å²) in [5.74, 6) is -2.14. The molecule has 0 saturated carbocycles. The fourth-order valence-electron chi connectivity index (χ4n) is 6.80. The van der Waals surface area contributed by atoms with Gasteiger partial charge in [-0.05, 0) is 78.8 Å². The van der Waals surface area contributed by atoms with E-state index in [0.717, 1.165) is 16.5 Å². The van der Waals surface area contributed by atoms with Crippen molar-refractivity contribution in [1.82, 2.24) is 25.9 Å². The second-order valence-corrected chi connectivity index (χ2v) is 15.3. The summed E-state index contributed by atoms with van der Waals surface area (Å²) in [6, 6.07) is 22.4. The number of carbonyl (C=O) groups is 3. The van der Waals surface area contributed by atoms with E-state index in [9.17, 15) is 24.6 Å². The number of aromatic hydroxyl groups is 2. The molecule has 1 aliphatic heterocycles. The molecule has 0 spiro atoms. The van der Waals surface area contributed by atoms with E-state index >= 15 is 0 Å². The first-order chi connectivity index (χ1) is 29.7. The Morgan fingerprint density at radius 1 is 0.855 bits per heavy atom. The quantitative estimate of drug-likeness (QED) is 0.0361. The van der Waals surface area contributed by atoms with E-state index in [-0.39, 0.29) is 59.1 Å². The molecule has 1 aliphatic rings. The van der Waals surface area contributed by atoms with Crippen molar-refractivity contribution in [3.8, 4) is 34.5 Å². The van der Waals surface area contributed by atoms with Crippen molar-refractivity contribution in [2.75, 3.05) is 11.4 Å². The van der Waals surface area contributed by atoms with Gasteiger partial charge in [-0.15, -0.1) is 0 Å². The van der Waals surface area contributed by atoms with Gasteiger partial charge in [0.05, 0.1) is 17.7 Å². The molecule has 6 rings (SSSR count). The average molecular weight is 841 g/mol. The van der Waals surface area contributed by atoms with Gasteiger partial charge in [0.2, 0.25) is 5.91 Å². The molecule has 4 aromatic carbocycles. The number of benzene rings is 4. The van der Waals surface area contributed by atoms with Crippen LogP contribution in [0.3, 0.4) is 0 Å². The number of aromatic nitrogens is 2. The van der Waals surface area contributed by atoms with Gasteiger partial charge in [-0.25, -0.2) is 4.98 Å². The minimum absolute atomic E-state index is 0.0203. The smallest absolute Gasteiger partial charge is 0.522 e. The Kier molecular flexibility index (Phi) is 14.1. The lowest BCUT2D eigenvalue weighted by Gasteiger charge is -2.26. The standard InChI is InChI=1S/C45H49BN8O8/c1-6-50-45(59)42(48)54(41(47)33-23-32(27(4)5)36(55)24-37(33)56)29-12-14-30(15-13-29)60-31-16-17-38-39(22-31)62-46(61-38)40(20-26(2)3)53-43(57)34(21-28-10-8-7-9-11-28)52-44(58)35-25-49-18-19-51-35/h7-19,22-27,34,40,47-48,55-56H,6,20-21H2,1-5H3,(H,50,59)(H,52,58)(H,53,57). The fraction of sp³-hybridized carbons (Fsp3) is 0.267. The summed E-state index contributed by atoms with van der Waals surface area (Å²) in [7, 11) is -0.898. The van der Waals surface area contributed by atoms with Gasteiger partial charge in [0.25, 0.3) is 11.8 Å². The third-order valence-corrected chi connectivity index (χ3v) is 9.84. The van der Waals surface area contributed by atoms with Crippen LogP contribution in [-0.4, -0.2) is 75.2 Å². The number of phenols is 2. The lowest BCUT2D eigenvalue weighted by atomic mass is 9.74. The molecule has 3 amide bonds. The first kappa shape index (κ1) is 44.1. The van der Waals surface area contributed by atoms with E-state index in [4.69, 9.17) is 24.9 Å². The largest absolute Gasteiger partial charge is 0.618 e. The maximum absolute atomic E-state index is 14.0. The molecule has 62 heavy (non-hydrogen) atoms. The molecule has 7 N–H and O–H groups in total. The molecule has 0 bridgehead atoms. The normalized spacial score (nSPS) is 12.7. The van der Waals surface area contributed by atoms with E-state index in [0.29, 0.717) is 35.0 Å². The highest BCUT2D eigenvalue weighted by Gasteiger charge is 2.42. The van der Waals surface area contributed by atoms with Crippen molar-refractivity contribution >= 4 is 42.2 Å². The minimum atomic E-state index is -0.953. The van der Waals surface area contributed by atoms with E-state index < -0.39 is 42.7 Å². The zero-order valence-corrected chi connectivity index (χ0v) is 35.0. The van der Waals surface area contributed by atoms with Crippen molar-refractivity contribution in [3.05, 3.63) is 126 Å². The Morgan fingerprint density at radius 3 is 2.23 bits per heavy atom. The summed E-state index contributed by atoms with van der Waals surface area (Å²) >= 11 is 0. The van der Waals surface area contributed by atoms with Crippen LogP contribution >= 0.6 is 0 Å². The third kappa shape index (κ3) is 10.7. The van der Waals surface area contributed by atoms with Crippen molar-refractivity contribution in [2.45, 2.75) is 65.4 Å². The number of likely N-dealkylation sites (N-methyl/N-ethyl adjacent to an activating group) is 1. The van der Waals surface area contributed by atoms with Gasteiger partial charge >= 0.3 is 7.12 Å². The molecule has 320 valence electrons. The van der Waals surface area contributed by atoms with Gasteiger partial charge in [0, 0.05) is 43.2 Å². The SMILES string of the molecule is CCNC(=O)C(=N)N(C(=N)c1cc(C(C)C)c(O)cc1O)c1ccc(Oc2ccc3c(c2)OB(C(CC(C)C)NC(=O)C(Cc2ccccc2)NC(=O)c2cnccn2)O3)cc1. The summed E-state index contributed by atoms with van der Waals surface area (Å²) in [4.78, 5) is 49.1. The van der Waals surface area contributed by atoms with Crippen LogP contribution in [-0.2, 0) is 16.0 Å². The lowest BCUT2D eigenvalue weighted by Crippen LogP contribution is -2.57. The zero-order chi connectivity index (χ0) is 44.5. The monoisotopic (exact) mass is 840 g/mol. The van der Waals surface area contributed by atoms with Crippen LogP contribution in [0.25, 0.3) is 0 Å². The number of hydrogen-bond acceptors (Lipinski definition) is 12. The number of anilines is 1. The number of amidine groups is 2. The number of nitrogens with zero attached hydrogens (tertiary/aromatic N) is 3. The highest BCUT2D eigenvalue weighted by Crippen LogP contribution is 2.39. The molecule has 2 atom stereocenters. The molecule has 2 unspecified atom stereocenters. The number of hydrogen-bond donors (Lipinski definition) is 7. The van der Waals surface area contributed by atoms with Crippen molar-refractivity contribution < 1.29 is 38.6 Å². The molecule has 5 aromatic rings. The number of ether oxygens (including phenoxy) is 1. The topological polar surface area (TPSA) is 232 Å². The highest BCUT2D eigenvalue weighted by molar-refractivity contribution is 6.50. The van der Waals surface area contributed by atoms with Gasteiger partial charge in [0.1, 0.15) is 52.1 Å². The Labute approximate surface area is 359 Å². The predicted octanol–water partition coefficient (Wildman–Crippen LogP) is 6.12. The van der Waals surface area contributed by atoms with Crippen LogP contribution in [0.15, 0.2) is 104 Å². The van der Waals surface area contributed by atoms with Crippen LogP contribution in [0.1, 0.15) is 74.1 Å². The van der Waals surface area contributed by atoms with Gasteiger partial charge < -0.3 is 40.2 Å². The number of phenolic OH excluding ortho intramolecular Hbond substituents is 2. The summed E-state index contributed by atoms with van der Waals surface area (Å²) in [5, 5.41) is 47.4. The second kappa shape index (κ2) is 19.8. The summed E-state index contributed by atoms with van der Waals surface area (Å²) in [6.45, 7) is 9.70. The van der Waals surface area contributed by atoms with Gasteiger partial charge in [-0.3, -0.25) is 35.1 Å². The minimum Gasteiger partial charge on any atom is -0.522 e. The van der Waals surface area contributed by atoms with E-state index in [1.165, 1.54) is 24.7 Å². The Bertz CT molecular complexity index is 2420. The van der Waals surface area contributed by atoms with Crippen LogP contribution in [0.4, 0.5) is 5.69 Å². The summed E-state index contributed by atoms with van der Waals surface area (Å²) in [5.41, 5.74) is 1.70. The third-order valence-electron chi connectivity index (χ3n) is 9.84. The number of amides is 3. The van der Waals surface area contributed by atoms with E-state index in [1.807, 2.05) is 58.0 Å². The van der Waals surface area contributed by atoms with E-state index in [1.54, 1.807) is 49.4 Å². The molecule has 2 heterocycles. The molecule has 0 fully saturated rings. The molecule has 0 aliphatic carbocycles. The molecule has 17 heteroatoms. The number of fused-ring (bicyclic) bond motifs is 1. The first-order valence-electron chi connectivity index (χ1n) is 20.2. The Hall–Kier alpha value is -7.43. The molecule has 0 radical (unpaired) electrons. The molecule has 1 aromatic heterocycles. The molecule has 16 nitrogen and oxygen atoms in total. The second-order valence-electron chi connectivity index (χ2n) is 15.3. The highest BCUT2D eigenvalue weighted by atomic mass is 16.6. The number of carbonyl (C=O) groups excluding carboxylic acids is 3. The fourth-order valence-corrected chi connectivity index (χ4v) is 6.80. The van der Waals surface area contributed by atoms with Crippen LogP contribution < -0.4 is 34.9 Å². The number of rotatable bonds is 15. The maximum Gasteiger partial charge on any atom is 0.618 e. The molecule has 0 saturated heterocycles. The molecular formula is C45H49BN8O8. The van der Waals surface area contributed by atoms with Crippen LogP contribution in [0, 0.1) is 16.7 Å². The molecular weight excluding hydrogens is 791 g/mol. The average Bonchev–Trinajstić information content (AvgIpc) is 3.68. The van der Waals surface area contributed by atoms with Crippen molar-refractivity contribution in [2.24, 2.45) is 5.92 Å². The maximum atomic E-state index is 14.0. The Morgan fingerprint density at radius 2 is 1.56 bits per heavy atom. The van der Waals surface area contributed by atoms with Gasteiger partial charge in [-0.2, -0.15) is 0 Å². The van der Waals surface area contributed by atoms with Crippen molar-refractivity contribution in [1.29, 1.82) is 10.8 Å². The Balaban J connectivity index is 1.18. The zero-order valence-electron chi connectivity index (χ0n) is 35.0. The van der Waals surface area contributed by atoms with E-state index in [2.05, 4.69) is 25.9 Å². The first-order valence-corrected chi connectivity index (χ1v) is 20.2. The lowest BCUT2D eigenvalue weighted by molar-refractivity contribution is -0.123. The summed E-state index contributed by atoms with van der Waals surface area (Å²) in [6.07, 6.45) is 4.91. The van der Waals surface area contributed by atoms with Gasteiger partial charge in [0.15, 0.2) is 5.84 Å². The van der Waals surface area contributed by atoms with Crippen molar-refractivity contribution in [3.63, 3.8) is 0 Å². The number of nitrogens with one attached hydrogen (secondary N) is 5.